The van der Waals surface area contributed by atoms with E-state index in [2.05, 4.69) is 5.32 Å². The van der Waals surface area contributed by atoms with Gasteiger partial charge in [-0.05, 0) is 30.9 Å². The number of rotatable bonds is 6. The fourth-order valence-electron chi connectivity index (χ4n) is 2.61. The van der Waals surface area contributed by atoms with Crippen LogP contribution < -0.4 is 5.32 Å². The minimum absolute atomic E-state index is 0.0530. The Bertz CT molecular complexity index is 481. The highest BCUT2D eigenvalue weighted by atomic mass is 19.1. The fourth-order valence-corrected chi connectivity index (χ4v) is 2.61. The number of carbonyl (C=O) groups is 2. The number of Topliss-reactive ketones (excluding diaryl/α,β-unsaturated/α-hetero) is 1. The van der Waals surface area contributed by atoms with E-state index in [0.717, 1.165) is 0 Å². The summed E-state index contributed by atoms with van der Waals surface area (Å²) in [5.74, 6) is -0.384. The Morgan fingerprint density at radius 3 is 2.55 bits per heavy atom. The number of benzene rings is 1. The Kier molecular flexibility index (Phi) is 5.27. The van der Waals surface area contributed by atoms with E-state index in [1.54, 1.807) is 12.1 Å². The van der Waals surface area contributed by atoms with Crippen LogP contribution in [0.15, 0.2) is 24.3 Å². The van der Waals surface area contributed by atoms with Gasteiger partial charge < -0.3 is 5.32 Å². The lowest BCUT2D eigenvalue weighted by Crippen LogP contribution is -2.28. The summed E-state index contributed by atoms with van der Waals surface area (Å²) in [7, 11) is 0. The van der Waals surface area contributed by atoms with Crippen LogP contribution in [-0.2, 0) is 4.79 Å². The maximum absolute atomic E-state index is 13.4. The van der Waals surface area contributed by atoms with Gasteiger partial charge in [0.05, 0.1) is 5.56 Å². The van der Waals surface area contributed by atoms with E-state index < -0.39 is 5.82 Å². The fraction of sp³-hybridized carbons (Fsp3) is 0.500. The first-order chi connectivity index (χ1) is 9.66. The van der Waals surface area contributed by atoms with Crippen molar-refractivity contribution in [3.05, 3.63) is 35.6 Å². The van der Waals surface area contributed by atoms with Crippen molar-refractivity contribution in [2.45, 2.75) is 38.5 Å². The highest BCUT2D eigenvalue weighted by molar-refractivity contribution is 5.98. The predicted molar refractivity (Wildman–Crippen MR) is 74.9 cm³/mol. The third-order valence-corrected chi connectivity index (χ3v) is 3.82. The molecular weight excluding hydrogens is 257 g/mol. The van der Waals surface area contributed by atoms with Gasteiger partial charge in [0.15, 0.2) is 5.78 Å². The summed E-state index contributed by atoms with van der Waals surface area (Å²) in [6.45, 7) is 0.701. The number of amides is 1. The molecule has 1 fully saturated rings. The van der Waals surface area contributed by atoms with Crippen LogP contribution in [-0.4, -0.2) is 18.2 Å². The molecule has 0 radical (unpaired) electrons. The zero-order valence-electron chi connectivity index (χ0n) is 11.5. The second-order valence-corrected chi connectivity index (χ2v) is 5.36. The topological polar surface area (TPSA) is 46.2 Å². The molecule has 0 heterocycles. The molecule has 1 aromatic rings. The van der Waals surface area contributed by atoms with E-state index in [1.807, 2.05) is 0 Å². The van der Waals surface area contributed by atoms with Crippen LogP contribution in [0.3, 0.4) is 0 Å². The lowest BCUT2D eigenvalue weighted by Gasteiger charge is -2.10. The van der Waals surface area contributed by atoms with E-state index in [-0.39, 0.29) is 30.1 Å². The molecule has 1 aliphatic carbocycles. The third kappa shape index (κ3) is 4.15. The molecule has 0 spiro atoms. The maximum Gasteiger partial charge on any atom is 0.220 e. The number of nitrogens with one attached hydrogen (secondary N) is 1. The average molecular weight is 277 g/mol. The molecule has 4 heteroatoms. The van der Waals surface area contributed by atoms with Gasteiger partial charge in [-0.25, -0.2) is 4.39 Å². The SMILES string of the molecule is O=C(CCC(=O)c1ccccc1F)NCC1CCCC1. The summed E-state index contributed by atoms with van der Waals surface area (Å²) in [4.78, 5) is 23.5. The van der Waals surface area contributed by atoms with Crippen molar-refractivity contribution in [3.8, 4) is 0 Å². The first-order valence-electron chi connectivity index (χ1n) is 7.21. The van der Waals surface area contributed by atoms with Gasteiger partial charge in [-0.1, -0.05) is 25.0 Å². The van der Waals surface area contributed by atoms with Crippen LogP contribution in [0.25, 0.3) is 0 Å². The minimum atomic E-state index is -0.524. The molecular formula is C16H20FNO2. The second kappa shape index (κ2) is 7.17. The van der Waals surface area contributed by atoms with E-state index in [9.17, 15) is 14.0 Å². The van der Waals surface area contributed by atoms with Crippen molar-refractivity contribution >= 4 is 11.7 Å². The predicted octanol–water partition coefficient (Wildman–Crippen LogP) is 3.10. The zero-order valence-corrected chi connectivity index (χ0v) is 11.5. The Morgan fingerprint density at radius 2 is 1.85 bits per heavy atom. The van der Waals surface area contributed by atoms with Gasteiger partial charge in [0.1, 0.15) is 5.82 Å². The van der Waals surface area contributed by atoms with Crippen molar-refractivity contribution in [1.29, 1.82) is 0 Å². The smallest absolute Gasteiger partial charge is 0.220 e. The Morgan fingerprint density at radius 1 is 1.15 bits per heavy atom. The van der Waals surface area contributed by atoms with Crippen LogP contribution in [0.5, 0.6) is 0 Å². The highest BCUT2D eigenvalue weighted by Crippen LogP contribution is 2.23. The molecule has 2 rings (SSSR count). The number of carbonyl (C=O) groups excluding carboxylic acids is 2. The van der Waals surface area contributed by atoms with Crippen molar-refractivity contribution in [1.82, 2.24) is 5.32 Å². The summed E-state index contributed by atoms with van der Waals surface area (Å²) in [5, 5.41) is 2.86. The third-order valence-electron chi connectivity index (χ3n) is 3.82. The van der Waals surface area contributed by atoms with Crippen molar-refractivity contribution in [3.63, 3.8) is 0 Å². The van der Waals surface area contributed by atoms with E-state index in [0.29, 0.717) is 12.5 Å². The van der Waals surface area contributed by atoms with E-state index in [1.165, 1.54) is 37.8 Å². The van der Waals surface area contributed by atoms with Crippen LogP contribution >= 0.6 is 0 Å². The van der Waals surface area contributed by atoms with Crippen molar-refractivity contribution < 1.29 is 14.0 Å². The number of hydrogen-bond donors (Lipinski definition) is 1. The minimum Gasteiger partial charge on any atom is -0.356 e. The Hall–Kier alpha value is -1.71. The first kappa shape index (κ1) is 14.7. The van der Waals surface area contributed by atoms with Gasteiger partial charge in [0.2, 0.25) is 5.91 Å². The Balaban J connectivity index is 1.72. The van der Waals surface area contributed by atoms with Crippen LogP contribution in [0.4, 0.5) is 4.39 Å². The summed E-state index contributed by atoms with van der Waals surface area (Å²) in [5.41, 5.74) is 0.0658. The standard InChI is InChI=1S/C16H20FNO2/c17-14-8-4-3-7-13(14)15(19)9-10-16(20)18-11-12-5-1-2-6-12/h3-4,7-8,12H,1-2,5-6,9-11H2,(H,18,20). The van der Waals surface area contributed by atoms with Crippen LogP contribution in [0.2, 0.25) is 0 Å². The molecule has 0 aliphatic heterocycles. The molecule has 20 heavy (non-hydrogen) atoms. The quantitative estimate of drug-likeness (QED) is 0.812. The maximum atomic E-state index is 13.4. The summed E-state index contributed by atoms with van der Waals surface area (Å²) >= 11 is 0. The lowest BCUT2D eigenvalue weighted by molar-refractivity contribution is -0.121. The van der Waals surface area contributed by atoms with Crippen molar-refractivity contribution in [2.24, 2.45) is 5.92 Å². The second-order valence-electron chi connectivity index (χ2n) is 5.36. The molecule has 1 aliphatic rings. The van der Waals surface area contributed by atoms with Gasteiger partial charge in [0, 0.05) is 19.4 Å². The van der Waals surface area contributed by atoms with E-state index in [4.69, 9.17) is 0 Å². The highest BCUT2D eigenvalue weighted by Gasteiger charge is 2.16. The molecule has 0 atom stereocenters. The van der Waals surface area contributed by atoms with E-state index >= 15 is 0 Å². The van der Waals surface area contributed by atoms with Gasteiger partial charge in [0.25, 0.3) is 0 Å². The molecule has 0 bridgehead atoms. The molecule has 3 nitrogen and oxygen atoms in total. The number of hydrogen-bond acceptors (Lipinski definition) is 2. The van der Waals surface area contributed by atoms with Crippen LogP contribution in [0, 0.1) is 11.7 Å². The zero-order chi connectivity index (χ0) is 14.4. The number of halogens is 1. The van der Waals surface area contributed by atoms with Gasteiger partial charge >= 0.3 is 0 Å². The molecule has 1 saturated carbocycles. The van der Waals surface area contributed by atoms with Gasteiger partial charge in [-0.15, -0.1) is 0 Å². The molecule has 1 aromatic carbocycles. The molecule has 1 N–H and O–H groups in total. The molecule has 1 amide bonds. The molecule has 108 valence electrons. The largest absolute Gasteiger partial charge is 0.356 e. The molecule has 0 saturated heterocycles. The monoisotopic (exact) mass is 277 g/mol. The Labute approximate surface area is 118 Å². The average Bonchev–Trinajstić information content (AvgIpc) is 2.96. The molecule has 0 aromatic heterocycles. The molecule has 0 unspecified atom stereocenters. The number of ketones is 1. The van der Waals surface area contributed by atoms with Crippen molar-refractivity contribution in [2.75, 3.05) is 6.54 Å². The summed E-state index contributed by atoms with van der Waals surface area (Å²) in [6.07, 6.45) is 5.01. The normalized spacial score (nSPS) is 15.2. The van der Waals surface area contributed by atoms with Gasteiger partial charge in [-0.3, -0.25) is 9.59 Å². The van der Waals surface area contributed by atoms with Crippen LogP contribution in [0.1, 0.15) is 48.9 Å². The summed E-state index contributed by atoms with van der Waals surface area (Å²) in [6, 6.07) is 5.87. The van der Waals surface area contributed by atoms with Gasteiger partial charge in [-0.2, -0.15) is 0 Å². The lowest BCUT2D eigenvalue weighted by atomic mass is 10.1. The first-order valence-corrected chi connectivity index (χ1v) is 7.21. The summed E-state index contributed by atoms with van der Waals surface area (Å²) < 4.78 is 13.4.